The third kappa shape index (κ3) is 1.73. The van der Waals surface area contributed by atoms with Gasteiger partial charge in [0.1, 0.15) is 0 Å². The van der Waals surface area contributed by atoms with Crippen molar-refractivity contribution in [3.8, 4) is 0 Å². The minimum absolute atomic E-state index is 0. The van der Waals surface area contributed by atoms with E-state index >= 15 is 0 Å². The first kappa shape index (κ1) is 13.0. The van der Waals surface area contributed by atoms with E-state index in [2.05, 4.69) is 35.9 Å². The molecule has 3 heteroatoms. The van der Waals surface area contributed by atoms with Crippen LogP contribution in [-0.2, 0) is 13.0 Å². The van der Waals surface area contributed by atoms with Crippen LogP contribution in [0, 0.1) is 13.8 Å². The van der Waals surface area contributed by atoms with Crippen molar-refractivity contribution in [1.82, 2.24) is 9.88 Å². The highest BCUT2D eigenvalue weighted by Crippen LogP contribution is 2.40. The van der Waals surface area contributed by atoms with E-state index in [-0.39, 0.29) is 12.4 Å². The van der Waals surface area contributed by atoms with Crippen LogP contribution in [-0.4, -0.2) is 11.1 Å². The normalized spacial score (nSPS) is 21.1. The lowest BCUT2D eigenvalue weighted by Crippen LogP contribution is -2.35. The van der Waals surface area contributed by atoms with Gasteiger partial charge in [-0.15, -0.1) is 12.4 Å². The Labute approximate surface area is 120 Å². The summed E-state index contributed by atoms with van der Waals surface area (Å²) in [6.07, 6.45) is 3.90. The molecule has 0 fully saturated rings. The predicted molar refractivity (Wildman–Crippen MR) is 82.3 cm³/mol. The van der Waals surface area contributed by atoms with E-state index in [4.69, 9.17) is 0 Å². The lowest BCUT2D eigenvalue weighted by molar-refractivity contribution is 0.384. The van der Waals surface area contributed by atoms with Gasteiger partial charge >= 0.3 is 0 Å². The van der Waals surface area contributed by atoms with Gasteiger partial charge < -0.3 is 9.88 Å². The Hall–Kier alpha value is -0.990. The molecule has 1 aromatic carbocycles. The molecule has 0 radical (unpaired) electrons. The van der Waals surface area contributed by atoms with Crippen LogP contribution in [0.1, 0.15) is 41.3 Å². The summed E-state index contributed by atoms with van der Waals surface area (Å²) in [4.78, 5) is 0. The number of benzene rings is 1. The zero-order chi connectivity index (χ0) is 12.3. The molecular weight excluding hydrogens is 256 g/mol. The number of hydrogen-bond donors (Lipinski definition) is 1. The maximum absolute atomic E-state index is 3.69. The van der Waals surface area contributed by atoms with Crippen molar-refractivity contribution in [2.75, 3.05) is 6.54 Å². The average molecular weight is 277 g/mol. The monoisotopic (exact) mass is 276 g/mol. The minimum atomic E-state index is 0. The fraction of sp³-hybridized carbons (Fsp3) is 0.500. The molecular formula is C16H21ClN2. The van der Waals surface area contributed by atoms with E-state index in [1.165, 1.54) is 41.3 Å². The number of halogens is 1. The van der Waals surface area contributed by atoms with Gasteiger partial charge in [-0.3, -0.25) is 0 Å². The number of rotatable bonds is 0. The second-order valence-corrected chi connectivity index (χ2v) is 5.89. The van der Waals surface area contributed by atoms with Gasteiger partial charge in [-0.05, 0) is 50.3 Å². The van der Waals surface area contributed by atoms with Gasteiger partial charge in [0.2, 0.25) is 0 Å². The number of nitrogens with one attached hydrogen (secondary N) is 1. The van der Waals surface area contributed by atoms with Crippen LogP contribution in [0.25, 0.3) is 10.9 Å². The Morgan fingerprint density at radius 2 is 2.11 bits per heavy atom. The smallest absolute Gasteiger partial charge is 0.0516 e. The summed E-state index contributed by atoms with van der Waals surface area (Å²) in [6.45, 7) is 6.73. The van der Waals surface area contributed by atoms with Gasteiger partial charge in [0.05, 0.1) is 5.52 Å². The molecule has 1 unspecified atom stereocenters. The van der Waals surface area contributed by atoms with Crippen LogP contribution in [0.5, 0.6) is 0 Å². The number of nitrogens with zero attached hydrogens (tertiary/aromatic N) is 1. The zero-order valence-corrected chi connectivity index (χ0v) is 12.4. The highest BCUT2D eigenvalue weighted by atomic mass is 35.5. The van der Waals surface area contributed by atoms with Gasteiger partial charge in [0.15, 0.2) is 0 Å². The zero-order valence-electron chi connectivity index (χ0n) is 11.6. The predicted octanol–water partition coefficient (Wildman–Crippen LogP) is 3.66. The second-order valence-electron chi connectivity index (χ2n) is 5.89. The highest BCUT2D eigenvalue weighted by Gasteiger charge is 2.30. The molecule has 19 heavy (non-hydrogen) atoms. The van der Waals surface area contributed by atoms with Crippen molar-refractivity contribution in [3.05, 3.63) is 34.5 Å². The van der Waals surface area contributed by atoms with E-state index in [1.54, 1.807) is 11.3 Å². The van der Waals surface area contributed by atoms with Crippen molar-refractivity contribution >= 4 is 23.3 Å². The molecule has 0 spiro atoms. The largest absolute Gasteiger partial charge is 0.341 e. The number of aromatic nitrogens is 1. The molecule has 0 amide bonds. The van der Waals surface area contributed by atoms with E-state index in [9.17, 15) is 0 Å². The number of hydrogen-bond acceptors (Lipinski definition) is 1. The average Bonchev–Trinajstić information content (AvgIpc) is 2.67. The fourth-order valence-corrected chi connectivity index (χ4v) is 4.03. The third-order valence-electron chi connectivity index (χ3n) is 4.62. The maximum Gasteiger partial charge on any atom is 0.0516 e. The van der Waals surface area contributed by atoms with Gasteiger partial charge in [-0.1, -0.05) is 11.6 Å². The topological polar surface area (TPSA) is 17.0 Å². The second kappa shape index (κ2) is 4.53. The van der Waals surface area contributed by atoms with Crippen molar-refractivity contribution in [3.63, 3.8) is 0 Å². The first-order valence-electron chi connectivity index (χ1n) is 7.11. The fourth-order valence-electron chi connectivity index (χ4n) is 4.03. The molecule has 1 N–H and O–H groups in total. The van der Waals surface area contributed by atoms with Crippen LogP contribution in [0.3, 0.4) is 0 Å². The molecule has 2 aliphatic rings. The van der Waals surface area contributed by atoms with Crippen LogP contribution < -0.4 is 5.32 Å². The van der Waals surface area contributed by atoms with E-state index < -0.39 is 0 Å². The summed E-state index contributed by atoms with van der Waals surface area (Å²) in [6, 6.07) is 5.33. The Balaban J connectivity index is 0.00000110. The first-order valence-corrected chi connectivity index (χ1v) is 7.11. The highest BCUT2D eigenvalue weighted by molar-refractivity contribution is 5.89. The summed E-state index contributed by atoms with van der Waals surface area (Å²) in [5.74, 6) is 0. The molecule has 4 rings (SSSR count). The van der Waals surface area contributed by atoms with E-state index in [1.807, 2.05) is 0 Å². The summed E-state index contributed by atoms with van der Waals surface area (Å²) in [5, 5.41) is 5.22. The van der Waals surface area contributed by atoms with E-state index in [0.717, 1.165) is 13.1 Å². The van der Waals surface area contributed by atoms with Crippen LogP contribution in [0.2, 0.25) is 0 Å². The van der Waals surface area contributed by atoms with Gasteiger partial charge in [0, 0.05) is 30.2 Å². The van der Waals surface area contributed by atoms with Crippen molar-refractivity contribution in [1.29, 1.82) is 0 Å². The molecule has 1 atom stereocenters. The Morgan fingerprint density at radius 1 is 1.26 bits per heavy atom. The molecule has 0 bridgehead atoms. The molecule has 1 aliphatic heterocycles. The maximum atomic E-state index is 3.69. The standard InChI is InChI=1S/C16H20N2.ClH/c1-10-8-11(2)15-13(9-10)12-4-3-5-14-16(12)18(15)7-6-17-14;/h8-9,14,17H,3-7H2,1-2H3;1H. The van der Waals surface area contributed by atoms with Gasteiger partial charge in [-0.2, -0.15) is 0 Å². The number of aryl methyl sites for hydroxylation is 3. The minimum Gasteiger partial charge on any atom is -0.341 e. The lowest BCUT2D eigenvalue weighted by Gasteiger charge is -2.31. The summed E-state index contributed by atoms with van der Waals surface area (Å²) in [5.41, 5.74) is 7.56. The third-order valence-corrected chi connectivity index (χ3v) is 4.62. The summed E-state index contributed by atoms with van der Waals surface area (Å²) in [7, 11) is 0. The Kier molecular flexibility index (Phi) is 3.11. The molecule has 0 saturated carbocycles. The summed E-state index contributed by atoms with van der Waals surface area (Å²) >= 11 is 0. The van der Waals surface area contributed by atoms with Crippen molar-refractivity contribution < 1.29 is 0 Å². The van der Waals surface area contributed by atoms with Crippen LogP contribution in [0.15, 0.2) is 12.1 Å². The van der Waals surface area contributed by atoms with Crippen molar-refractivity contribution in [2.24, 2.45) is 0 Å². The summed E-state index contributed by atoms with van der Waals surface area (Å²) < 4.78 is 2.60. The molecule has 102 valence electrons. The van der Waals surface area contributed by atoms with Gasteiger partial charge in [-0.25, -0.2) is 0 Å². The molecule has 2 heterocycles. The molecule has 1 aliphatic carbocycles. The molecule has 1 aromatic heterocycles. The van der Waals surface area contributed by atoms with Crippen molar-refractivity contribution in [2.45, 2.75) is 45.7 Å². The Morgan fingerprint density at radius 3 is 2.95 bits per heavy atom. The van der Waals surface area contributed by atoms with Gasteiger partial charge in [0.25, 0.3) is 0 Å². The SMILES string of the molecule is Cc1cc(C)c2c(c1)c1c3n2CCNC3CCC1.Cl. The first-order chi connectivity index (χ1) is 8.75. The molecule has 2 nitrogen and oxygen atoms in total. The van der Waals surface area contributed by atoms with E-state index in [0.29, 0.717) is 6.04 Å². The number of fused-ring (bicyclic) bond motifs is 3. The van der Waals surface area contributed by atoms with Crippen LogP contribution >= 0.6 is 12.4 Å². The Bertz CT molecular complexity index is 640. The van der Waals surface area contributed by atoms with Crippen LogP contribution in [0.4, 0.5) is 0 Å². The molecule has 2 aromatic rings. The molecule has 0 saturated heterocycles. The quantitative estimate of drug-likeness (QED) is 0.777. The lowest BCUT2D eigenvalue weighted by atomic mass is 9.90.